The lowest BCUT2D eigenvalue weighted by molar-refractivity contribution is 0.143. The molecular weight excluding hydrogens is 338 g/mol. The van der Waals surface area contributed by atoms with E-state index in [-0.39, 0.29) is 0 Å². The van der Waals surface area contributed by atoms with Gasteiger partial charge in [-0.15, -0.1) is 0 Å². The molecule has 0 aliphatic rings. The molecule has 6 heteroatoms. The summed E-state index contributed by atoms with van der Waals surface area (Å²) in [5.41, 5.74) is 3.48. The van der Waals surface area contributed by atoms with Crippen LogP contribution in [0.4, 0.5) is 0 Å². The fraction of sp³-hybridized carbons (Fsp3) is 0.524. The van der Waals surface area contributed by atoms with Crippen LogP contribution in [0.5, 0.6) is 0 Å². The van der Waals surface area contributed by atoms with E-state index in [1.807, 2.05) is 36.9 Å². The van der Waals surface area contributed by atoms with Crippen LogP contribution in [0.25, 0.3) is 5.69 Å². The number of hydrogen-bond donors (Lipinski definition) is 2. The number of para-hydroxylation sites is 1. The second-order valence-corrected chi connectivity index (χ2v) is 6.45. The van der Waals surface area contributed by atoms with Crippen molar-refractivity contribution in [3.05, 3.63) is 47.8 Å². The molecule has 2 N–H and O–H groups in total. The minimum Gasteiger partial charge on any atom is -0.382 e. The predicted octanol–water partition coefficient (Wildman–Crippen LogP) is 3.10. The van der Waals surface area contributed by atoms with Crippen molar-refractivity contribution in [2.24, 2.45) is 4.99 Å². The molecule has 0 saturated heterocycles. The van der Waals surface area contributed by atoms with Crippen LogP contribution in [0.1, 0.15) is 37.4 Å². The van der Waals surface area contributed by atoms with Crippen LogP contribution in [0.2, 0.25) is 0 Å². The normalized spacial score (nSPS) is 11.6. The summed E-state index contributed by atoms with van der Waals surface area (Å²) in [5, 5.41) is 11.4. The highest BCUT2D eigenvalue weighted by atomic mass is 16.5. The number of aliphatic imine (C=N–C) groups is 1. The zero-order valence-corrected chi connectivity index (χ0v) is 16.9. The first-order chi connectivity index (χ1) is 13.2. The van der Waals surface area contributed by atoms with Crippen LogP contribution in [-0.4, -0.2) is 49.1 Å². The summed E-state index contributed by atoms with van der Waals surface area (Å²) in [5.74, 6) is 0.864. The molecule has 0 fully saturated rings. The number of unbranched alkanes of at least 4 members (excludes halogenated alkanes) is 1. The lowest BCUT2D eigenvalue weighted by atomic mass is 10.1. The topological polar surface area (TPSA) is 63.5 Å². The van der Waals surface area contributed by atoms with E-state index in [1.54, 1.807) is 0 Å². The first-order valence-corrected chi connectivity index (χ1v) is 9.87. The Bertz CT molecular complexity index is 681. The second-order valence-electron chi connectivity index (χ2n) is 6.45. The average Bonchev–Trinajstić information content (AvgIpc) is 3.07. The minimum absolute atomic E-state index is 0.792. The fourth-order valence-electron chi connectivity index (χ4n) is 2.84. The van der Waals surface area contributed by atoms with E-state index in [9.17, 15) is 0 Å². The molecular formula is C21H33N5O. The number of guanidine groups is 1. The molecule has 1 aromatic heterocycles. The monoisotopic (exact) mass is 371 g/mol. The molecule has 0 spiro atoms. The molecule has 0 radical (unpaired) electrons. The highest BCUT2D eigenvalue weighted by molar-refractivity contribution is 5.79. The number of nitrogens with one attached hydrogen (secondary N) is 2. The van der Waals surface area contributed by atoms with Crippen molar-refractivity contribution in [2.75, 3.05) is 33.4 Å². The number of aromatic nitrogens is 2. The Balaban J connectivity index is 1.68. The first kappa shape index (κ1) is 21.0. The SMILES string of the molecule is CCOCCCCNC(=NC)NCCCc1cn(-c2ccccc2)nc1C. The summed E-state index contributed by atoms with van der Waals surface area (Å²) in [6.45, 7) is 7.52. The van der Waals surface area contributed by atoms with Gasteiger partial charge in [-0.05, 0) is 57.2 Å². The summed E-state index contributed by atoms with van der Waals surface area (Å²) < 4.78 is 7.31. The molecule has 0 unspecified atom stereocenters. The summed E-state index contributed by atoms with van der Waals surface area (Å²) in [6.07, 6.45) is 6.32. The van der Waals surface area contributed by atoms with Crippen molar-refractivity contribution < 1.29 is 4.74 Å². The molecule has 2 aromatic rings. The third kappa shape index (κ3) is 7.43. The van der Waals surface area contributed by atoms with Crippen molar-refractivity contribution in [3.63, 3.8) is 0 Å². The lowest BCUT2D eigenvalue weighted by Gasteiger charge is -2.11. The van der Waals surface area contributed by atoms with Crippen LogP contribution >= 0.6 is 0 Å². The molecule has 0 bridgehead atoms. The van der Waals surface area contributed by atoms with Gasteiger partial charge < -0.3 is 15.4 Å². The zero-order valence-electron chi connectivity index (χ0n) is 16.9. The van der Waals surface area contributed by atoms with Gasteiger partial charge in [-0.25, -0.2) is 4.68 Å². The Hall–Kier alpha value is -2.34. The van der Waals surface area contributed by atoms with Gasteiger partial charge in [0.05, 0.1) is 11.4 Å². The Labute approximate surface area is 163 Å². The van der Waals surface area contributed by atoms with Crippen molar-refractivity contribution in [1.82, 2.24) is 20.4 Å². The Morgan fingerprint density at radius 2 is 1.85 bits per heavy atom. The predicted molar refractivity (Wildman–Crippen MR) is 112 cm³/mol. The smallest absolute Gasteiger partial charge is 0.190 e. The van der Waals surface area contributed by atoms with Crippen LogP contribution < -0.4 is 10.6 Å². The number of ether oxygens (including phenoxy) is 1. The van der Waals surface area contributed by atoms with Gasteiger partial charge in [0.25, 0.3) is 0 Å². The molecule has 148 valence electrons. The van der Waals surface area contributed by atoms with E-state index in [2.05, 4.69) is 46.0 Å². The van der Waals surface area contributed by atoms with Crippen LogP contribution in [0.3, 0.4) is 0 Å². The maximum Gasteiger partial charge on any atom is 0.190 e. The highest BCUT2D eigenvalue weighted by Gasteiger charge is 2.06. The standard InChI is InChI=1S/C21H33N5O/c1-4-27-16-9-8-14-23-21(22-3)24-15-10-11-19-17-26(25-18(19)2)20-12-6-5-7-13-20/h5-7,12-13,17H,4,8-11,14-16H2,1-3H3,(H2,22,23,24). The molecule has 1 aromatic carbocycles. The Morgan fingerprint density at radius 1 is 1.11 bits per heavy atom. The summed E-state index contributed by atoms with van der Waals surface area (Å²) in [4.78, 5) is 4.27. The van der Waals surface area contributed by atoms with Crippen molar-refractivity contribution >= 4 is 5.96 Å². The van der Waals surface area contributed by atoms with Crippen LogP contribution in [0, 0.1) is 6.92 Å². The highest BCUT2D eigenvalue weighted by Crippen LogP contribution is 2.13. The van der Waals surface area contributed by atoms with Crippen molar-refractivity contribution in [3.8, 4) is 5.69 Å². The molecule has 0 saturated carbocycles. The quantitative estimate of drug-likeness (QED) is 0.362. The van der Waals surface area contributed by atoms with Gasteiger partial charge in [0.1, 0.15) is 0 Å². The second kappa shape index (κ2) is 12.1. The third-order valence-electron chi connectivity index (χ3n) is 4.37. The first-order valence-electron chi connectivity index (χ1n) is 9.87. The van der Waals surface area contributed by atoms with Crippen LogP contribution in [0.15, 0.2) is 41.5 Å². The number of nitrogens with zero attached hydrogens (tertiary/aromatic N) is 3. The maximum absolute atomic E-state index is 5.35. The number of hydrogen-bond acceptors (Lipinski definition) is 3. The lowest BCUT2D eigenvalue weighted by Crippen LogP contribution is -2.38. The minimum atomic E-state index is 0.792. The van der Waals surface area contributed by atoms with E-state index < -0.39 is 0 Å². The van der Waals surface area contributed by atoms with Gasteiger partial charge in [0.15, 0.2) is 5.96 Å². The van der Waals surface area contributed by atoms with E-state index in [0.717, 1.165) is 69.3 Å². The van der Waals surface area contributed by atoms with Gasteiger partial charge in [0.2, 0.25) is 0 Å². The summed E-state index contributed by atoms with van der Waals surface area (Å²) in [7, 11) is 1.81. The van der Waals surface area contributed by atoms with Crippen molar-refractivity contribution in [2.45, 2.75) is 39.5 Å². The van der Waals surface area contributed by atoms with E-state index in [4.69, 9.17) is 4.74 Å². The molecule has 1 heterocycles. The molecule has 27 heavy (non-hydrogen) atoms. The Morgan fingerprint density at radius 3 is 2.56 bits per heavy atom. The van der Waals surface area contributed by atoms with E-state index in [1.165, 1.54) is 5.56 Å². The van der Waals surface area contributed by atoms with Crippen LogP contribution in [-0.2, 0) is 11.2 Å². The maximum atomic E-state index is 5.35. The molecule has 0 amide bonds. The summed E-state index contributed by atoms with van der Waals surface area (Å²) >= 11 is 0. The molecule has 6 nitrogen and oxygen atoms in total. The van der Waals surface area contributed by atoms with E-state index in [0.29, 0.717) is 0 Å². The van der Waals surface area contributed by atoms with Crippen molar-refractivity contribution in [1.29, 1.82) is 0 Å². The number of rotatable bonds is 11. The molecule has 0 atom stereocenters. The summed E-state index contributed by atoms with van der Waals surface area (Å²) in [6, 6.07) is 10.2. The molecule has 0 aliphatic carbocycles. The largest absolute Gasteiger partial charge is 0.382 e. The third-order valence-corrected chi connectivity index (χ3v) is 4.37. The molecule has 2 rings (SSSR count). The van der Waals surface area contributed by atoms with Gasteiger partial charge in [-0.1, -0.05) is 18.2 Å². The average molecular weight is 372 g/mol. The van der Waals surface area contributed by atoms with Gasteiger partial charge in [-0.2, -0.15) is 5.10 Å². The Kier molecular flexibility index (Phi) is 9.41. The molecule has 0 aliphatic heterocycles. The number of aryl methyl sites for hydroxylation is 2. The van der Waals surface area contributed by atoms with Gasteiger partial charge in [-0.3, -0.25) is 4.99 Å². The number of benzene rings is 1. The van der Waals surface area contributed by atoms with E-state index >= 15 is 0 Å². The van der Waals surface area contributed by atoms with Gasteiger partial charge in [0, 0.05) is 39.5 Å². The zero-order chi connectivity index (χ0) is 19.3. The van der Waals surface area contributed by atoms with Gasteiger partial charge >= 0.3 is 0 Å². The fourth-order valence-corrected chi connectivity index (χ4v) is 2.84.